The molecule has 3 rings (SSSR count). The van der Waals surface area contributed by atoms with Gasteiger partial charge in [-0.25, -0.2) is 8.78 Å². The molecule has 0 saturated heterocycles. The van der Waals surface area contributed by atoms with Gasteiger partial charge in [-0.3, -0.25) is 4.98 Å². The molecule has 0 spiro atoms. The van der Waals surface area contributed by atoms with Crippen LogP contribution in [-0.2, 0) is 6.61 Å². The highest BCUT2D eigenvalue weighted by atomic mass is 19.1. The SMILES string of the molecule is C=C(C)c1cnc2cc(F)c(CO)cc2c1-c1ccc(F)cc1. The lowest BCUT2D eigenvalue weighted by Crippen LogP contribution is -1.96. The molecule has 0 aliphatic heterocycles. The van der Waals surface area contributed by atoms with E-state index >= 15 is 0 Å². The van der Waals surface area contributed by atoms with Gasteiger partial charge < -0.3 is 5.11 Å². The summed E-state index contributed by atoms with van der Waals surface area (Å²) in [7, 11) is 0. The second-order valence-corrected chi connectivity index (χ2v) is 5.45. The molecule has 0 aliphatic carbocycles. The van der Waals surface area contributed by atoms with Crippen LogP contribution in [0.1, 0.15) is 18.1 Å². The molecule has 1 aromatic heterocycles. The number of pyridine rings is 1. The van der Waals surface area contributed by atoms with E-state index in [1.165, 1.54) is 18.2 Å². The summed E-state index contributed by atoms with van der Waals surface area (Å²) in [6.07, 6.45) is 1.64. The molecule has 0 atom stereocenters. The molecular formula is C19H15F2NO. The molecule has 4 heteroatoms. The molecule has 0 saturated carbocycles. The fourth-order valence-corrected chi connectivity index (χ4v) is 2.63. The van der Waals surface area contributed by atoms with Gasteiger partial charge in [-0.15, -0.1) is 0 Å². The zero-order chi connectivity index (χ0) is 16.6. The van der Waals surface area contributed by atoms with E-state index in [1.807, 2.05) is 6.92 Å². The number of benzene rings is 2. The highest BCUT2D eigenvalue weighted by Gasteiger charge is 2.14. The van der Waals surface area contributed by atoms with Gasteiger partial charge in [0.15, 0.2) is 0 Å². The van der Waals surface area contributed by atoms with Crippen molar-refractivity contribution in [3.63, 3.8) is 0 Å². The molecule has 3 aromatic rings. The molecule has 2 aromatic carbocycles. The standard InChI is InChI=1S/C19H15F2NO/c1-11(2)16-9-22-18-8-17(21)13(10-23)7-15(18)19(16)12-3-5-14(20)6-4-12/h3-9,23H,1,10H2,2H3. The predicted molar refractivity (Wildman–Crippen MR) is 87.7 cm³/mol. The normalized spacial score (nSPS) is 11.0. The molecule has 0 radical (unpaired) electrons. The monoisotopic (exact) mass is 311 g/mol. The zero-order valence-electron chi connectivity index (χ0n) is 12.6. The van der Waals surface area contributed by atoms with E-state index in [-0.39, 0.29) is 11.4 Å². The Hall–Kier alpha value is -2.59. The zero-order valence-corrected chi connectivity index (χ0v) is 12.6. The number of hydrogen-bond acceptors (Lipinski definition) is 2. The van der Waals surface area contributed by atoms with Gasteiger partial charge in [0.25, 0.3) is 0 Å². The van der Waals surface area contributed by atoms with Gasteiger partial charge >= 0.3 is 0 Å². The Morgan fingerprint density at radius 2 is 1.87 bits per heavy atom. The lowest BCUT2D eigenvalue weighted by Gasteiger charge is -2.14. The van der Waals surface area contributed by atoms with Crippen LogP contribution in [0.2, 0.25) is 0 Å². The predicted octanol–water partition coefficient (Wildman–Crippen LogP) is 4.71. The smallest absolute Gasteiger partial charge is 0.130 e. The number of halogens is 2. The van der Waals surface area contributed by atoms with Crippen LogP contribution < -0.4 is 0 Å². The molecule has 1 heterocycles. The van der Waals surface area contributed by atoms with Gasteiger partial charge in [-0.05, 0) is 36.3 Å². The second-order valence-electron chi connectivity index (χ2n) is 5.45. The highest BCUT2D eigenvalue weighted by Crippen LogP contribution is 2.35. The molecule has 2 nitrogen and oxygen atoms in total. The van der Waals surface area contributed by atoms with Crippen molar-refractivity contribution in [2.75, 3.05) is 0 Å². The van der Waals surface area contributed by atoms with E-state index in [9.17, 15) is 13.9 Å². The van der Waals surface area contributed by atoms with Gasteiger partial charge in [-0.2, -0.15) is 0 Å². The summed E-state index contributed by atoms with van der Waals surface area (Å²) in [6, 6.07) is 8.97. The summed E-state index contributed by atoms with van der Waals surface area (Å²) in [4.78, 5) is 4.29. The molecule has 0 aliphatic rings. The van der Waals surface area contributed by atoms with Gasteiger partial charge in [0.05, 0.1) is 12.1 Å². The fraction of sp³-hybridized carbons (Fsp3) is 0.105. The lowest BCUT2D eigenvalue weighted by atomic mass is 9.92. The Labute approximate surface area is 132 Å². The van der Waals surface area contributed by atoms with E-state index in [0.717, 1.165) is 22.3 Å². The molecule has 1 N–H and O–H groups in total. The van der Waals surface area contributed by atoms with Gasteiger partial charge in [0.2, 0.25) is 0 Å². The first-order valence-electron chi connectivity index (χ1n) is 7.15. The Bertz CT molecular complexity index is 901. The molecule has 0 amide bonds. The summed E-state index contributed by atoms with van der Waals surface area (Å²) in [5.74, 6) is -0.827. The first-order chi connectivity index (χ1) is 11.0. The fourth-order valence-electron chi connectivity index (χ4n) is 2.63. The maximum Gasteiger partial charge on any atom is 0.130 e. The van der Waals surface area contributed by atoms with Crippen LogP contribution in [0.4, 0.5) is 8.78 Å². The first kappa shape index (κ1) is 15.3. The van der Waals surface area contributed by atoms with Crippen molar-refractivity contribution in [1.82, 2.24) is 4.98 Å². The third-order valence-electron chi connectivity index (χ3n) is 3.80. The molecule has 0 fully saturated rings. The van der Waals surface area contributed by atoms with Crippen LogP contribution in [0.3, 0.4) is 0 Å². The minimum absolute atomic E-state index is 0.196. The topological polar surface area (TPSA) is 33.1 Å². The van der Waals surface area contributed by atoms with Crippen molar-refractivity contribution >= 4 is 16.5 Å². The molecule has 116 valence electrons. The minimum atomic E-state index is -0.499. The number of allylic oxidation sites excluding steroid dienone is 1. The maximum atomic E-state index is 13.9. The average molecular weight is 311 g/mol. The van der Waals surface area contributed by atoms with Crippen LogP contribution in [0.5, 0.6) is 0 Å². The van der Waals surface area contributed by atoms with Crippen LogP contribution in [-0.4, -0.2) is 10.1 Å². The van der Waals surface area contributed by atoms with Crippen molar-refractivity contribution in [2.45, 2.75) is 13.5 Å². The minimum Gasteiger partial charge on any atom is -0.392 e. The van der Waals surface area contributed by atoms with Crippen LogP contribution in [0.25, 0.3) is 27.6 Å². The Balaban J connectivity index is 2.41. The van der Waals surface area contributed by atoms with E-state index in [0.29, 0.717) is 10.9 Å². The quantitative estimate of drug-likeness (QED) is 0.760. The Kier molecular flexibility index (Phi) is 3.92. The van der Waals surface area contributed by atoms with Crippen molar-refractivity contribution < 1.29 is 13.9 Å². The highest BCUT2D eigenvalue weighted by molar-refractivity contribution is 6.00. The van der Waals surface area contributed by atoms with Crippen LogP contribution >= 0.6 is 0 Å². The molecule has 0 bridgehead atoms. The number of aliphatic hydroxyl groups excluding tert-OH is 1. The molecular weight excluding hydrogens is 296 g/mol. The van der Waals surface area contributed by atoms with E-state index in [2.05, 4.69) is 11.6 Å². The largest absolute Gasteiger partial charge is 0.392 e. The van der Waals surface area contributed by atoms with Crippen molar-refractivity contribution in [3.05, 3.63) is 71.9 Å². The summed E-state index contributed by atoms with van der Waals surface area (Å²) in [6.45, 7) is 5.41. The second kappa shape index (κ2) is 5.89. The third kappa shape index (κ3) is 2.73. The summed E-state index contributed by atoms with van der Waals surface area (Å²) >= 11 is 0. The Morgan fingerprint density at radius 3 is 2.48 bits per heavy atom. The van der Waals surface area contributed by atoms with Crippen molar-refractivity contribution in [1.29, 1.82) is 0 Å². The summed E-state index contributed by atoms with van der Waals surface area (Å²) in [5.41, 5.74) is 3.86. The number of aliphatic hydroxyl groups is 1. The number of nitrogens with zero attached hydrogens (tertiary/aromatic N) is 1. The van der Waals surface area contributed by atoms with Gasteiger partial charge in [0, 0.05) is 34.3 Å². The van der Waals surface area contributed by atoms with Crippen molar-refractivity contribution in [2.24, 2.45) is 0 Å². The average Bonchev–Trinajstić information content (AvgIpc) is 2.53. The van der Waals surface area contributed by atoms with E-state index in [1.54, 1.807) is 24.4 Å². The summed E-state index contributed by atoms with van der Waals surface area (Å²) in [5, 5.41) is 10.0. The van der Waals surface area contributed by atoms with Gasteiger partial charge in [-0.1, -0.05) is 18.7 Å². The van der Waals surface area contributed by atoms with Crippen LogP contribution in [0.15, 0.2) is 49.2 Å². The number of aromatic nitrogens is 1. The van der Waals surface area contributed by atoms with Gasteiger partial charge in [0.1, 0.15) is 11.6 Å². The Morgan fingerprint density at radius 1 is 1.17 bits per heavy atom. The van der Waals surface area contributed by atoms with E-state index in [4.69, 9.17) is 0 Å². The maximum absolute atomic E-state index is 13.9. The lowest BCUT2D eigenvalue weighted by molar-refractivity contribution is 0.276. The number of hydrogen-bond donors (Lipinski definition) is 1. The number of rotatable bonds is 3. The summed E-state index contributed by atoms with van der Waals surface area (Å²) < 4.78 is 27.1. The third-order valence-corrected chi connectivity index (χ3v) is 3.80. The molecule has 0 unspecified atom stereocenters. The van der Waals surface area contributed by atoms with Crippen molar-refractivity contribution in [3.8, 4) is 11.1 Å². The molecule has 23 heavy (non-hydrogen) atoms. The first-order valence-corrected chi connectivity index (χ1v) is 7.15. The number of fused-ring (bicyclic) bond motifs is 1. The van der Waals surface area contributed by atoms with Crippen LogP contribution in [0, 0.1) is 11.6 Å². The van der Waals surface area contributed by atoms with E-state index < -0.39 is 12.4 Å².